The molecule has 2 fully saturated rings. The zero-order valence-electron chi connectivity index (χ0n) is 37.0. The molecule has 1 aliphatic carbocycles. The number of hydrogen-bond acceptors (Lipinski definition) is 10. The van der Waals surface area contributed by atoms with Crippen LogP contribution in [-0.4, -0.2) is 124 Å². The van der Waals surface area contributed by atoms with Crippen molar-refractivity contribution in [3.8, 4) is 0 Å². The Morgan fingerprint density at radius 2 is 1.48 bits per heavy atom. The molecule has 1 saturated heterocycles. The lowest BCUT2D eigenvalue weighted by molar-refractivity contribution is -0.156. The third-order valence-electron chi connectivity index (χ3n) is 12.8. The van der Waals surface area contributed by atoms with E-state index < -0.39 is 48.7 Å². The third-order valence-corrected chi connectivity index (χ3v) is 12.8. The fourth-order valence-corrected chi connectivity index (χ4v) is 9.29. The Morgan fingerprint density at radius 1 is 0.794 bits per heavy atom. The molecule has 3 aliphatic rings. The molecule has 18 heteroatoms. The van der Waals surface area contributed by atoms with Gasteiger partial charge < -0.3 is 58.9 Å². The highest BCUT2D eigenvalue weighted by Gasteiger charge is 2.51. The number of carboxylic acids is 1. The molecular weight excluding hydrogens is 809 g/mol. The Hall–Kier alpha value is -4.81. The molecule has 7 atom stereocenters. The van der Waals surface area contributed by atoms with Crippen molar-refractivity contribution < 1.29 is 39.0 Å². The molecule has 4 rings (SSSR count). The van der Waals surface area contributed by atoms with E-state index in [1.165, 1.54) is 9.80 Å². The van der Waals surface area contributed by atoms with Crippen LogP contribution in [0.5, 0.6) is 0 Å². The predicted octanol–water partition coefficient (Wildman–Crippen LogP) is 1.28. The van der Waals surface area contributed by atoms with Crippen molar-refractivity contribution in [2.24, 2.45) is 33.8 Å². The van der Waals surface area contributed by atoms with Gasteiger partial charge in [-0.25, -0.2) is 4.79 Å². The average molecular weight is 883 g/mol. The standard InChI is InChI=1S/C45H74N10O8/c46-23-13-12-19-33(47)40(58)53-34(20-15-25-51-45(48)49)41(59)50-24-14-6-4-2-1-3-5-7-22-39(57)52-35(29-56)42(60)54-28-32-18-9-8-16-30(32)26-37(54)43(61)55-36-21-11-10-17-31(36)27-38(55)44(62)63/h8-9,16,18,31,33-38,56H,1-7,10-15,17,19-29,46-47H2,(H,50,59)(H,52,57)(H,53,58)(H,62,63)(H4,48,49,51)/t31-,33-,34-,35-,36-,37+,38-/m0/s1. The van der Waals surface area contributed by atoms with Crippen LogP contribution in [0, 0.1) is 5.92 Å². The summed E-state index contributed by atoms with van der Waals surface area (Å²) in [5.74, 6) is -2.92. The van der Waals surface area contributed by atoms with E-state index >= 15 is 0 Å². The van der Waals surface area contributed by atoms with Crippen molar-refractivity contribution in [1.82, 2.24) is 25.8 Å². The lowest BCUT2D eigenvalue weighted by Gasteiger charge is -2.42. The van der Waals surface area contributed by atoms with Gasteiger partial charge in [-0.3, -0.25) is 29.0 Å². The lowest BCUT2D eigenvalue weighted by Crippen LogP contribution is -2.61. The Kier molecular flexibility index (Phi) is 21.6. The van der Waals surface area contributed by atoms with E-state index in [0.717, 1.165) is 94.6 Å². The smallest absolute Gasteiger partial charge is 0.326 e. The number of nitrogens with one attached hydrogen (secondary N) is 3. The van der Waals surface area contributed by atoms with Gasteiger partial charge in [-0.2, -0.15) is 0 Å². The molecule has 13 N–H and O–H groups in total. The van der Waals surface area contributed by atoms with Crippen LogP contribution < -0.4 is 38.9 Å². The molecule has 0 spiro atoms. The molecule has 1 saturated carbocycles. The summed E-state index contributed by atoms with van der Waals surface area (Å²) in [6, 6.07) is 2.75. The number of amides is 5. The van der Waals surface area contributed by atoms with Gasteiger partial charge in [0.05, 0.1) is 12.6 Å². The summed E-state index contributed by atoms with van der Waals surface area (Å²) in [6.07, 6.45) is 14.2. The predicted molar refractivity (Wildman–Crippen MR) is 239 cm³/mol. The molecule has 0 bridgehead atoms. The molecule has 0 unspecified atom stereocenters. The number of carbonyl (C=O) groups is 6. The van der Waals surface area contributed by atoms with Crippen LogP contribution in [0.2, 0.25) is 0 Å². The minimum Gasteiger partial charge on any atom is -0.480 e. The van der Waals surface area contributed by atoms with Crippen molar-refractivity contribution in [3.05, 3.63) is 35.4 Å². The summed E-state index contributed by atoms with van der Waals surface area (Å²) >= 11 is 0. The number of likely N-dealkylation sites (tertiary alicyclic amines) is 1. The second kappa shape index (κ2) is 26.7. The first kappa shape index (κ1) is 50.8. The van der Waals surface area contributed by atoms with Crippen LogP contribution >= 0.6 is 0 Å². The number of aliphatic imine (C=N–C) groups is 1. The van der Waals surface area contributed by atoms with Crippen LogP contribution in [0.4, 0.5) is 0 Å². The number of nitrogens with two attached hydrogens (primary N) is 4. The molecule has 2 heterocycles. The fraction of sp³-hybridized carbons (Fsp3) is 0.711. The van der Waals surface area contributed by atoms with Crippen LogP contribution in [0.1, 0.15) is 133 Å². The van der Waals surface area contributed by atoms with Crippen molar-refractivity contribution >= 4 is 41.5 Å². The van der Waals surface area contributed by atoms with E-state index in [2.05, 4.69) is 20.9 Å². The van der Waals surface area contributed by atoms with Crippen LogP contribution in [0.3, 0.4) is 0 Å². The Labute approximate surface area is 372 Å². The number of carbonyl (C=O) groups excluding carboxylic acids is 5. The van der Waals surface area contributed by atoms with Crippen LogP contribution in [0.25, 0.3) is 0 Å². The van der Waals surface area contributed by atoms with Crippen molar-refractivity contribution in [2.75, 3.05) is 26.2 Å². The van der Waals surface area contributed by atoms with Crippen molar-refractivity contribution in [3.63, 3.8) is 0 Å². The second-order valence-corrected chi connectivity index (χ2v) is 17.5. The average Bonchev–Trinajstić information content (AvgIpc) is 3.67. The molecule has 63 heavy (non-hydrogen) atoms. The summed E-state index contributed by atoms with van der Waals surface area (Å²) in [5.41, 5.74) is 24.2. The summed E-state index contributed by atoms with van der Waals surface area (Å²) < 4.78 is 0. The van der Waals surface area contributed by atoms with Gasteiger partial charge in [0, 0.05) is 38.5 Å². The quantitative estimate of drug-likeness (QED) is 0.0343. The highest BCUT2D eigenvalue weighted by molar-refractivity contribution is 5.95. The van der Waals surface area contributed by atoms with E-state index in [9.17, 15) is 39.0 Å². The second-order valence-electron chi connectivity index (χ2n) is 17.5. The molecule has 18 nitrogen and oxygen atoms in total. The SMILES string of the molecule is NCCCC[C@H](N)C(=O)N[C@@H](CCCN=C(N)N)C(=O)NCCCCCCCCCCC(=O)N[C@@H](CO)C(=O)N1Cc2ccccc2C[C@@H]1C(=O)N1[C@H](C(=O)O)C[C@@H]2CCCC[C@@H]21. The normalized spacial score (nSPS) is 20.7. The number of guanidine groups is 1. The number of aliphatic hydroxyl groups is 1. The van der Waals surface area contributed by atoms with Crippen molar-refractivity contribution in [2.45, 2.75) is 171 Å². The number of unbranched alkanes of at least 4 members (excludes halogenated alkanes) is 8. The van der Waals surface area contributed by atoms with Crippen LogP contribution in [0.15, 0.2) is 29.3 Å². The van der Waals surface area contributed by atoms with Gasteiger partial charge >= 0.3 is 5.97 Å². The third kappa shape index (κ3) is 15.7. The topological polar surface area (TPSA) is 302 Å². The Balaban J connectivity index is 1.16. The van der Waals surface area contributed by atoms with E-state index in [4.69, 9.17) is 22.9 Å². The zero-order valence-corrected chi connectivity index (χ0v) is 37.0. The number of aliphatic carboxylic acids is 1. The number of hydrogen-bond donors (Lipinski definition) is 9. The highest BCUT2D eigenvalue weighted by Crippen LogP contribution is 2.41. The minimum absolute atomic E-state index is 0.0345. The molecular formula is C45H74N10O8. The first-order chi connectivity index (χ1) is 30.4. The maximum absolute atomic E-state index is 14.4. The maximum atomic E-state index is 14.4. The maximum Gasteiger partial charge on any atom is 0.326 e. The molecule has 352 valence electrons. The first-order valence-electron chi connectivity index (χ1n) is 23.3. The summed E-state index contributed by atoms with van der Waals surface area (Å²) in [4.78, 5) is 86.5. The van der Waals surface area contributed by atoms with Gasteiger partial charge in [0.15, 0.2) is 5.96 Å². The Morgan fingerprint density at radius 3 is 2.16 bits per heavy atom. The monoisotopic (exact) mass is 883 g/mol. The largest absolute Gasteiger partial charge is 0.480 e. The molecule has 0 radical (unpaired) electrons. The molecule has 1 aromatic carbocycles. The summed E-state index contributed by atoms with van der Waals surface area (Å²) in [6.45, 7) is 0.806. The molecule has 5 amide bonds. The lowest BCUT2D eigenvalue weighted by atomic mass is 9.84. The highest BCUT2D eigenvalue weighted by atomic mass is 16.4. The zero-order chi connectivity index (χ0) is 45.7. The number of rotatable bonds is 27. The number of fused-ring (bicyclic) bond motifs is 2. The first-order valence-corrected chi connectivity index (χ1v) is 23.3. The van der Waals surface area contributed by atoms with Gasteiger partial charge in [-0.15, -0.1) is 0 Å². The van der Waals surface area contributed by atoms with Gasteiger partial charge in [-0.05, 0) is 81.4 Å². The van der Waals surface area contributed by atoms with E-state index in [-0.39, 0.29) is 60.9 Å². The number of benzene rings is 1. The number of aliphatic hydroxyl groups excluding tert-OH is 1. The van der Waals surface area contributed by atoms with Gasteiger partial charge in [0.1, 0.15) is 24.2 Å². The molecule has 2 aliphatic heterocycles. The van der Waals surface area contributed by atoms with E-state index in [1.54, 1.807) is 0 Å². The van der Waals surface area contributed by atoms with Crippen molar-refractivity contribution in [1.29, 1.82) is 0 Å². The number of nitrogens with zero attached hydrogens (tertiary/aromatic N) is 3. The van der Waals surface area contributed by atoms with E-state index in [0.29, 0.717) is 51.7 Å². The van der Waals surface area contributed by atoms with Gasteiger partial charge in [0.2, 0.25) is 29.5 Å². The summed E-state index contributed by atoms with van der Waals surface area (Å²) in [7, 11) is 0. The fourth-order valence-electron chi connectivity index (χ4n) is 9.29. The summed E-state index contributed by atoms with van der Waals surface area (Å²) in [5, 5.41) is 28.9. The minimum atomic E-state index is -1.24. The van der Waals surface area contributed by atoms with Gasteiger partial charge in [0.25, 0.3) is 0 Å². The van der Waals surface area contributed by atoms with E-state index in [1.807, 2.05) is 24.3 Å². The van der Waals surface area contributed by atoms with Crippen LogP contribution in [-0.2, 0) is 41.7 Å². The van der Waals surface area contributed by atoms with Gasteiger partial charge in [-0.1, -0.05) is 82.1 Å². The Bertz CT molecular complexity index is 1690. The molecule has 0 aromatic heterocycles. The molecule has 1 aromatic rings. The number of carboxylic acid groups (broad SMARTS) is 1.